The van der Waals surface area contributed by atoms with Crippen molar-refractivity contribution in [3.8, 4) is 0 Å². The van der Waals surface area contributed by atoms with Gasteiger partial charge >= 0.3 is 6.97 Å². The molecule has 2 aliphatic heterocycles. The van der Waals surface area contributed by atoms with Gasteiger partial charge in [-0.25, -0.2) is 0 Å². The van der Waals surface area contributed by atoms with Crippen LogP contribution in [0.5, 0.6) is 0 Å². The quantitative estimate of drug-likeness (QED) is 0.367. The Labute approximate surface area is 142 Å². The lowest BCUT2D eigenvalue weighted by molar-refractivity contribution is -0.362. The van der Waals surface area contributed by atoms with E-state index < -0.39 is 6.97 Å². The number of nitrogens with zero attached hydrogens (tertiary/aromatic N) is 2. The summed E-state index contributed by atoms with van der Waals surface area (Å²) < 4.78 is 32.9. The standard InChI is InChI=1S/C19H25BF2N2/c1-4-5-6-7-8-9-10-17-11-12-18-14-19-15(2)13-16(3)23(19)20(21,22)24(17)18/h4,11-14H,1,5-10H2,2-3H3. The lowest BCUT2D eigenvalue weighted by Gasteiger charge is -2.30. The normalized spacial score (nSPS) is 17.8. The van der Waals surface area contributed by atoms with E-state index in [9.17, 15) is 0 Å². The van der Waals surface area contributed by atoms with Gasteiger partial charge in [-0.15, -0.1) is 6.58 Å². The van der Waals surface area contributed by atoms with Crippen LogP contribution in [0.2, 0.25) is 0 Å². The predicted molar refractivity (Wildman–Crippen MR) is 97.6 cm³/mol. The minimum atomic E-state index is -3.81. The molecule has 1 aromatic rings. The Hall–Kier alpha value is -1.91. The van der Waals surface area contributed by atoms with E-state index in [1.54, 1.807) is 6.92 Å². The summed E-state index contributed by atoms with van der Waals surface area (Å²) in [6.07, 6.45) is 13.5. The molecular formula is C19H25BF2N2. The van der Waals surface area contributed by atoms with Gasteiger partial charge in [0, 0.05) is 30.3 Å². The van der Waals surface area contributed by atoms with Crippen LogP contribution in [0.15, 0.2) is 36.6 Å². The highest BCUT2D eigenvalue weighted by Gasteiger charge is 2.52. The maximum Gasteiger partial charge on any atom is 0.737 e. The first-order chi connectivity index (χ1) is 11.5. The van der Waals surface area contributed by atoms with Crippen molar-refractivity contribution in [2.45, 2.75) is 52.4 Å². The van der Waals surface area contributed by atoms with Gasteiger partial charge in [-0.05, 0) is 50.4 Å². The molecule has 2 aliphatic rings. The molecule has 0 amide bonds. The fraction of sp³-hybridized carbons (Fsp3) is 0.421. The fourth-order valence-corrected chi connectivity index (χ4v) is 3.84. The van der Waals surface area contributed by atoms with Crippen LogP contribution >= 0.6 is 0 Å². The van der Waals surface area contributed by atoms with E-state index in [0.29, 0.717) is 23.5 Å². The molecule has 128 valence electrons. The first kappa shape index (κ1) is 16.9. The van der Waals surface area contributed by atoms with Crippen molar-refractivity contribution in [2.75, 3.05) is 0 Å². The van der Waals surface area contributed by atoms with Gasteiger partial charge in [-0.2, -0.15) is 0 Å². The smallest absolute Gasteiger partial charge is 0.394 e. The molecule has 0 fully saturated rings. The second-order valence-electron chi connectivity index (χ2n) is 6.82. The average molecular weight is 330 g/mol. The Bertz CT molecular complexity index is 754. The zero-order chi connectivity index (χ0) is 17.3. The number of rotatable bonds is 7. The number of hydrogen-bond donors (Lipinski definition) is 0. The molecule has 0 aromatic carbocycles. The highest BCUT2D eigenvalue weighted by molar-refractivity contribution is 6.58. The monoisotopic (exact) mass is 330 g/mol. The molecule has 2 nitrogen and oxygen atoms in total. The number of hydrogen-bond acceptors (Lipinski definition) is 0. The molecule has 0 bridgehead atoms. The van der Waals surface area contributed by atoms with Gasteiger partial charge in [-0.1, -0.05) is 18.9 Å². The third kappa shape index (κ3) is 2.81. The lowest BCUT2D eigenvalue weighted by Crippen LogP contribution is -2.50. The molecule has 1 aromatic heterocycles. The summed E-state index contributed by atoms with van der Waals surface area (Å²) in [6.45, 7) is 3.56. The molecule has 0 radical (unpaired) electrons. The minimum Gasteiger partial charge on any atom is -0.394 e. The van der Waals surface area contributed by atoms with Crippen molar-refractivity contribution < 1.29 is 13.1 Å². The number of aryl methyl sites for hydroxylation is 2. The molecule has 3 rings (SSSR count). The summed E-state index contributed by atoms with van der Waals surface area (Å²) in [6, 6.07) is 1.84. The first-order valence-corrected chi connectivity index (χ1v) is 8.83. The molecule has 0 spiro atoms. The third-order valence-corrected chi connectivity index (χ3v) is 5.00. The van der Waals surface area contributed by atoms with Crippen molar-refractivity contribution in [3.63, 3.8) is 0 Å². The van der Waals surface area contributed by atoms with Crippen LogP contribution in [0.25, 0.3) is 6.08 Å². The molecule has 0 aliphatic carbocycles. The molecule has 0 N–H and O–H groups in total. The summed E-state index contributed by atoms with van der Waals surface area (Å²) in [5, 5.41) is 0. The van der Waals surface area contributed by atoms with E-state index in [2.05, 4.69) is 6.58 Å². The summed E-state index contributed by atoms with van der Waals surface area (Å²) in [5.74, 6) is 0. The molecule has 24 heavy (non-hydrogen) atoms. The summed E-state index contributed by atoms with van der Waals surface area (Å²) in [5.41, 5.74) is 3.53. The topological polar surface area (TPSA) is 7.94 Å². The Morgan fingerprint density at radius 1 is 1.17 bits per heavy atom. The van der Waals surface area contributed by atoms with Crippen molar-refractivity contribution in [3.05, 3.63) is 53.5 Å². The van der Waals surface area contributed by atoms with Gasteiger partial charge in [0.1, 0.15) is 5.71 Å². The number of allylic oxidation sites excluding steroid dienone is 3. The summed E-state index contributed by atoms with van der Waals surface area (Å²) in [7, 11) is 0. The molecule has 0 atom stereocenters. The highest BCUT2D eigenvalue weighted by atomic mass is 19.2. The van der Waals surface area contributed by atoms with Crippen molar-refractivity contribution in [1.29, 1.82) is 0 Å². The van der Waals surface area contributed by atoms with Crippen LogP contribution in [-0.2, 0) is 0 Å². The second-order valence-corrected chi connectivity index (χ2v) is 6.82. The first-order valence-electron chi connectivity index (χ1n) is 8.83. The van der Waals surface area contributed by atoms with Gasteiger partial charge < -0.3 is 17.6 Å². The minimum absolute atomic E-state index is 0.621. The number of halogens is 2. The van der Waals surface area contributed by atoms with Gasteiger partial charge in [-0.3, -0.25) is 0 Å². The van der Waals surface area contributed by atoms with E-state index in [0.717, 1.165) is 43.4 Å². The van der Waals surface area contributed by atoms with Crippen molar-refractivity contribution >= 4 is 18.8 Å². The zero-order valence-electron chi connectivity index (χ0n) is 14.6. The third-order valence-electron chi connectivity index (χ3n) is 5.00. The van der Waals surface area contributed by atoms with Crippen LogP contribution < -0.4 is 0 Å². The molecule has 3 heterocycles. The average Bonchev–Trinajstić information content (AvgIpc) is 3.05. The number of unbranched alkanes of at least 4 members (excludes halogenated alkanes) is 4. The molecule has 5 heteroatoms. The zero-order valence-corrected chi connectivity index (χ0v) is 14.6. The predicted octanol–water partition coefficient (Wildman–Crippen LogP) is 5.23. The van der Waals surface area contributed by atoms with Crippen molar-refractivity contribution in [1.82, 2.24) is 4.48 Å². The number of aromatic nitrogens is 1. The van der Waals surface area contributed by atoms with Crippen LogP contribution in [-0.4, -0.2) is 21.6 Å². The Morgan fingerprint density at radius 2 is 1.92 bits per heavy atom. The molecule has 0 saturated heterocycles. The Kier molecular flexibility index (Phi) is 4.61. The van der Waals surface area contributed by atoms with Crippen molar-refractivity contribution in [2.24, 2.45) is 0 Å². The maximum atomic E-state index is 15.2. The molecular weight excluding hydrogens is 305 g/mol. The Balaban J connectivity index is 1.81. The van der Waals surface area contributed by atoms with E-state index in [-0.39, 0.29) is 0 Å². The van der Waals surface area contributed by atoms with Crippen LogP contribution in [0.3, 0.4) is 0 Å². The van der Waals surface area contributed by atoms with Crippen LogP contribution in [0.1, 0.15) is 55.5 Å². The highest BCUT2D eigenvalue weighted by Crippen LogP contribution is 2.34. The van der Waals surface area contributed by atoms with Crippen LogP contribution in [0, 0.1) is 13.8 Å². The second kappa shape index (κ2) is 6.54. The Morgan fingerprint density at radius 3 is 2.67 bits per heavy atom. The summed E-state index contributed by atoms with van der Waals surface area (Å²) >= 11 is 0. The molecule has 0 saturated carbocycles. The van der Waals surface area contributed by atoms with Gasteiger partial charge in [0.15, 0.2) is 5.70 Å². The summed E-state index contributed by atoms with van der Waals surface area (Å²) in [4.78, 5) is 0. The van der Waals surface area contributed by atoms with Gasteiger partial charge in [0.05, 0.1) is 0 Å². The number of fused-ring (bicyclic) bond motifs is 2. The van der Waals surface area contributed by atoms with E-state index in [4.69, 9.17) is 0 Å². The fourth-order valence-electron chi connectivity index (χ4n) is 3.84. The SMILES string of the molecule is C=CCCCCCCC1=[N+]2C(=Cc3c(C)cc(C)n3[B-]2(F)F)C=C1. The van der Waals surface area contributed by atoms with E-state index in [1.807, 2.05) is 37.3 Å². The molecule has 0 unspecified atom stereocenters. The van der Waals surface area contributed by atoms with Gasteiger partial charge in [0.25, 0.3) is 0 Å². The van der Waals surface area contributed by atoms with E-state index in [1.165, 1.54) is 8.96 Å². The van der Waals surface area contributed by atoms with E-state index >= 15 is 8.63 Å². The van der Waals surface area contributed by atoms with Gasteiger partial charge in [0.2, 0.25) is 0 Å². The maximum absolute atomic E-state index is 15.2. The van der Waals surface area contributed by atoms with Crippen LogP contribution in [0.4, 0.5) is 8.63 Å². The lowest BCUT2D eigenvalue weighted by atomic mass is 9.90. The largest absolute Gasteiger partial charge is 0.737 e.